The van der Waals surface area contributed by atoms with Crippen LogP contribution in [0, 0.1) is 6.92 Å². The van der Waals surface area contributed by atoms with Gasteiger partial charge in [-0.3, -0.25) is 4.98 Å². The van der Waals surface area contributed by atoms with Gasteiger partial charge < -0.3 is 5.73 Å². The van der Waals surface area contributed by atoms with Gasteiger partial charge in [-0.2, -0.15) is 0 Å². The average Bonchev–Trinajstić information content (AvgIpc) is 2.30. The fraction of sp³-hybridized carbons (Fsp3) is 0.143. The highest BCUT2D eigenvalue weighted by Gasteiger charge is 2.18. The van der Waals surface area contributed by atoms with Crippen molar-refractivity contribution in [2.75, 3.05) is 0 Å². The molecule has 2 nitrogen and oxygen atoms in total. The summed E-state index contributed by atoms with van der Waals surface area (Å²) in [4.78, 5) is 4.96. The molecule has 2 rings (SSSR count). The van der Waals surface area contributed by atoms with E-state index < -0.39 is 0 Å². The number of aryl methyl sites for hydroxylation is 1. The molecule has 3 heteroatoms. The number of rotatable bonds is 3. The maximum Gasteiger partial charge on any atom is 0.0864 e. The Morgan fingerprint density at radius 3 is 2.41 bits per heavy atom. The van der Waals surface area contributed by atoms with Crippen LogP contribution >= 0.6 is 12.2 Å². The first-order valence-electron chi connectivity index (χ1n) is 5.46. The monoisotopic (exact) mass is 242 g/mol. The number of hydrogen-bond acceptors (Lipinski definition) is 2. The van der Waals surface area contributed by atoms with E-state index in [1.807, 2.05) is 55.5 Å². The average molecular weight is 242 g/mol. The van der Waals surface area contributed by atoms with Crippen LogP contribution in [0.4, 0.5) is 0 Å². The van der Waals surface area contributed by atoms with E-state index in [2.05, 4.69) is 4.98 Å². The van der Waals surface area contributed by atoms with Crippen molar-refractivity contribution in [2.24, 2.45) is 5.73 Å². The van der Waals surface area contributed by atoms with E-state index in [1.54, 1.807) is 0 Å². The molecule has 17 heavy (non-hydrogen) atoms. The summed E-state index contributed by atoms with van der Waals surface area (Å²) in [6.07, 6.45) is 0. The van der Waals surface area contributed by atoms with Crippen molar-refractivity contribution in [3.8, 4) is 0 Å². The molecule has 0 fully saturated rings. The number of hydrogen-bond donors (Lipinski definition) is 1. The molecule has 0 saturated heterocycles. The quantitative estimate of drug-likeness (QED) is 0.841. The Bertz CT molecular complexity index is 523. The van der Waals surface area contributed by atoms with E-state index >= 15 is 0 Å². The Balaban J connectivity index is 2.47. The van der Waals surface area contributed by atoms with Gasteiger partial charge in [0.25, 0.3) is 0 Å². The summed E-state index contributed by atoms with van der Waals surface area (Å²) in [7, 11) is 0. The molecule has 0 aliphatic rings. The molecular weight excluding hydrogens is 228 g/mol. The van der Waals surface area contributed by atoms with Crippen LogP contribution in [0.3, 0.4) is 0 Å². The Labute approximate surface area is 107 Å². The van der Waals surface area contributed by atoms with Crippen molar-refractivity contribution in [1.29, 1.82) is 0 Å². The third-order valence-electron chi connectivity index (χ3n) is 2.62. The van der Waals surface area contributed by atoms with Gasteiger partial charge >= 0.3 is 0 Å². The molecule has 86 valence electrons. The van der Waals surface area contributed by atoms with Gasteiger partial charge in [-0.1, -0.05) is 48.6 Å². The molecule has 0 amide bonds. The minimum Gasteiger partial charge on any atom is -0.392 e. The third kappa shape index (κ3) is 2.68. The first kappa shape index (κ1) is 11.7. The third-order valence-corrected chi connectivity index (χ3v) is 2.86. The Morgan fingerprint density at radius 2 is 1.82 bits per heavy atom. The van der Waals surface area contributed by atoms with Crippen molar-refractivity contribution < 1.29 is 0 Å². The summed E-state index contributed by atoms with van der Waals surface area (Å²) in [6.45, 7) is 1.96. The second-order valence-electron chi connectivity index (χ2n) is 3.95. The summed E-state index contributed by atoms with van der Waals surface area (Å²) in [5, 5.41) is 0. The highest BCUT2D eigenvalue weighted by molar-refractivity contribution is 7.80. The molecule has 1 unspecified atom stereocenters. The van der Waals surface area contributed by atoms with Crippen molar-refractivity contribution in [3.05, 3.63) is 65.5 Å². The molecule has 1 aromatic carbocycles. The highest BCUT2D eigenvalue weighted by Crippen LogP contribution is 2.23. The van der Waals surface area contributed by atoms with Gasteiger partial charge in [0.15, 0.2) is 0 Å². The van der Waals surface area contributed by atoms with Crippen LogP contribution < -0.4 is 5.73 Å². The number of pyridine rings is 1. The second kappa shape index (κ2) is 5.06. The predicted octanol–water partition coefficient (Wildman–Crippen LogP) is 2.81. The molecular formula is C14H14N2S. The van der Waals surface area contributed by atoms with Crippen LogP contribution in [0.15, 0.2) is 48.5 Å². The topological polar surface area (TPSA) is 38.9 Å². The fourth-order valence-electron chi connectivity index (χ4n) is 1.85. The van der Waals surface area contributed by atoms with Gasteiger partial charge in [0.05, 0.1) is 16.6 Å². The Kier molecular flexibility index (Phi) is 3.49. The molecule has 1 aromatic heterocycles. The van der Waals surface area contributed by atoms with Crippen molar-refractivity contribution in [3.63, 3.8) is 0 Å². The molecule has 0 saturated carbocycles. The van der Waals surface area contributed by atoms with Gasteiger partial charge in [-0.25, -0.2) is 0 Å². The zero-order valence-electron chi connectivity index (χ0n) is 9.63. The molecule has 1 heterocycles. The van der Waals surface area contributed by atoms with E-state index in [0.717, 1.165) is 17.0 Å². The van der Waals surface area contributed by atoms with Crippen LogP contribution in [-0.4, -0.2) is 9.97 Å². The van der Waals surface area contributed by atoms with E-state index in [-0.39, 0.29) is 5.92 Å². The predicted molar refractivity (Wildman–Crippen MR) is 74.0 cm³/mol. The van der Waals surface area contributed by atoms with Gasteiger partial charge in [0, 0.05) is 5.69 Å². The standard InChI is InChI=1S/C14H14N2S/c1-10-6-5-9-12(16-10)13(14(15)17)11-7-3-2-4-8-11/h2-9,13H,1H3,(H2,15,17). The number of nitrogens with two attached hydrogens (primary N) is 1. The van der Waals surface area contributed by atoms with Crippen LogP contribution in [0.2, 0.25) is 0 Å². The van der Waals surface area contributed by atoms with Crippen LogP contribution in [0.5, 0.6) is 0 Å². The molecule has 1 atom stereocenters. The largest absolute Gasteiger partial charge is 0.392 e. The Morgan fingerprint density at radius 1 is 1.12 bits per heavy atom. The summed E-state index contributed by atoms with van der Waals surface area (Å²) in [5.41, 5.74) is 8.80. The zero-order valence-corrected chi connectivity index (χ0v) is 10.4. The Hall–Kier alpha value is -1.74. The first-order valence-corrected chi connectivity index (χ1v) is 5.87. The van der Waals surface area contributed by atoms with Crippen molar-refractivity contribution in [1.82, 2.24) is 4.98 Å². The summed E-state index contributed by atoms with van der Waals surface area (Å²) < 4.78 is 0. The van der Waals surface area contributed by atoms with Gasteiger partial charge in [-0.05, 0) is 24.6 Å². The van der Waals surface area contributed by atoms with Gasteiger partial charge in [-0.15, -0.1) is 0 Å². The minimum absolute atomic E-state index is 0.105. The lowest BCUT2D eigenvalue weighted by molar-refractivity contribution is 0.977. The molecule has 2 N–H and O–H groups in total. The summed E-state index contributed by atoms with van der Waals surface area (Å²) >= 11 is 5.16. The van der Waals surface area contributed by atoms with E-state index in [0.29, 0.717) is 4.99 Å². The fourth-order valence-corrected chi connectivity index (χ4v) is 2.11. The molecule has 0 bridgehead atoms. The van der Waals surface area contributed by atoms with Crippen molar-refractivity contribution in [2.45, 2.75) is 12.8 Å². The second-order valence-corrected chi connectivity index (χ2v) is 4.42. The maximum absolute atomic E-state index is 5.84. The van der Waals surface area contributed by atoms with Gasteiger partial charge in [0.2, 0.25) is 0 Å². The van der Waals surface area contributed by atoms with Crippen LogP contribution in [0.1, 0.15) is 22.9 Å². The zero-order chi connectivity index (χ0) is 12.3. The molecule has 0 aliphatic heterocycles. The molecule has 0 spiro atoms. The lowest BCUT2D eigenvalue weighted by Gasteiger charge is -2.15. The van der Waals surface area contributed by atoms with Crippen molar-refractivity contribution >= 4 is 17.2 Å². The normalized spacial score (nSPS) is 12.1. The highest BCUT2D eigenvalue weighted by atomic mass is 32.1. The molecule has 0 radical (unpaired) electrons. The first-order chi connectivity index (χ1) is 8.18. The lowest BCUT2D eigenvalue weighted by atomic mass is 9.95. The molecule has 0 aliphatic carbocycles. The van der Waals surface area contributed by atoms with Crippen LogP contribution in [0.25, 0.3) is 0 Å². The summed E-state index contributed by atoms with van der Waals surface area (Å²) in [6, 6.07) is 15.9. The number of aromatic nitrogens is 1. The number of thiocarbonyl (C=S) groups is 1. The lowest BCUT2D eigenvalue weighted by Crippen LogP contribution is -2.21. The van der Waals surface area contributed by atoms with Crippen LogP contribution in [-0.2, 0) is 0 Å². The molecule has 2 aromatic rings. The van der Waals surface area contributed by atoms with Gasteiger partial charge in [0.1, 0.15) is 0 Å². The minimum atomic E-state index is -0.105. The SMILES string of the molecule is Cc1cccc(C(C(N)=S)c2ccccc2)n1. The van der Waals surface area contributed by atoms with E-state index in [1.165, 1.54) is 0 Å². The smallest absolute Gasteiger partial charge is 0.0864 e. The van der Waals surface area contributed by atoms with E-state index in [4.69, 9.17) is 18.0 Å². The number of nitrogens with zero attached hydrogens (tertiary/aromatic N) is 1. The maximum atomic E-state index is 5.84. The number of benzene rings is 1. The van der Waals surface area contributed by atoms with E-state index in [9.17, 15) is 0 Å². The summed E-state index contributed by atoms with van der Waals surface area (Å²) in [5.74, 6) is -0.105.